The van der Waals surface area contributed by atoms with Gasteiger partial charge in [0.05, 0.1) is 6.61 Å². The molecule has 1 aliphatic heterocycles. The molecule has 0 unspecified atom stereocenters. The minimum Gasteiger partial charge on any atom is -0.494 e. The van der Waals surface area contributed by atoms with E-state index in [2.05, 4.69) is 11.6 Å². The number of carbonyl (C=O) groups excluding carboxylic acids is 1. The van der Waals surface area contributed by atoms with Crippen LogP contribution in [-0.4, -0.2) is 40.9 Å². The third kappa shape index (κ3) is 4.85. The summed E-state index contributed by atoms with van der Waals surface area (Å²) in [5.41, 5.74) is 1.29. The van der Waals surface area contributed by atoms with Gasteiger partial charge in [0.2, 0.25) is 5.90 Å². The molecule has 0 fully saturated rings. The Bertz CT molecular complexity index is 980. The molecule has 2 atom stereocenters. The average Bonchev–Trinajstić information content (AvgIpc) is 3.14. The third-order valence-electron chi connectivity index (χ3n) is 4.83. The predicted molar refractivity (Wildman–Crippen MR) is 118 cm³/mol. The minimum absolute atomic E-state index is 0.0513. The van der Waals surface area contributed by atoms with Crippen molar-refractivity contribution in [1.29, 1.82) is 0 Å². The highest BCUT2D eigenvalue weighted by Crippen LogP contribution is 2.45. The molecule has 1 amide bonds. The molecule has 9 heteroatoms. The molecule has 3 rings (SSSR count). The van der Waals surface area contributed by atoms with Gasteiger partial charge in [-0.25, -0.2) is 10.5 Å². The van der Waals surface area contributed by atoms with E-state index in [0.29, 0.717) is 39.9 Å². The Balaban J connectivity index is 1.99. The molecular formula is C22H22Cl2N2O5. The molecule has 0 radical (unpaired) electrons. The molecule has 0 aromatic heterocycles. The molecule has 7 nitrogen and oxygen atoms in total. The van der Waals surface area contributed by atoms with Crippen molar-refractivity contribution < 1.29 is 24.6 Å². The largest absolute Gasteiger partial charge is 0.494 e. The molecule has 0 saturated carbocycles. The van der Waals surface area contributed by atoms with Crippen molar-refractivity contribution in [2.45, 2.75) is 24.5 Å². The maximum absolute atomic E-state index is 12.8. The zero-order valence-electron chi connectivity index (χ0n) is 16.6. The first-order valence-electron chi connectivity index (χ1n) is 9.56. The zero-order valence-corrected chi connectivity index (χ0v) is 18.1. The van der Waals surface area contributed by atoms with E-state index < -0.39 is 17.6 Å². The number of hydroxylamine groups is 1. The molecule has 0 spiro atoms. The first-order chi connectivity index (χ1) is 14.9. The van der Waals surface area contributed by atoms with Gasteiger partial charge in [-0.05, 0) is 36.4 Å². The first kappa shape index (κ1) is 23.1. The van der Waals surface area contributed by atoms with Crippen LogP contribution in [0.25, 0.3) is 0 Å². The normalized spacial score (nSPS) is 20.0. The van der Waals surface area contributed by atoms with Crippen LogP contribution in [0.15, 0.2) is 60.1 Å². The highest BCUT2D eigenvalue weighted by Gasteiger charge is 2.53. The van der Waals surface area contributed by atoms with Gasteiger partial charge in [-0.3, -0.25) is 10.0 Å². The fourth-order valence-electron chi connectivity index (χ4n) is 3.32. The number of aliphatic hydroxyl groups excluding tert-OH is 1. The van der Waals surface area contributed by atoms with Crippen LogP contribution >= 0.6 is 23.2 Å². The Morgan fingerprint density at radius 3 is 2.65 bits per heavy atom. The lowest BCUT2D eigenvalue weighted by Gasteiger charge is -2.29. The maximum Gasteiger partial charge on any atom is 0.275 e. The van der Waals surface area contributed by atoms with Crippen molar-refractivity contribution in [3.63, 3.8) is 0 Å². The SMILES string of the molecule is C=CC[C@]1(C(=O)NO)N=C(c2ccc(OCCCO)cc2)O[C@H]1c1ccc(Cl)cc1Cl. The summed E-state index contributed by atoms with van der Waals surface area (Å²) in [6.45, 7) is 4.16. The van der Waals surface area contributed by atoms with E-state index in [4.69, 9.17) is 37.8 Å². The van der Waals surface area contributed by atoms with Gasteiger partial charge in [0.15, 0.2) is 11.6 Å². The van der Waals surface area contributed by atoms with Crippen molar-refractivity contribution in [3.05, 3.63) is 76.3 Å². The van der Waals surface area contributed by atoms with Crippen LogP contribution in [0.2, 0.25) is 10.0 Å². The Morgan fingerprint density at radius 2 is 2.03 bits per heavy atom. The highest BCUT2D eigenvalue weighted by atomic mass is 35.5. The fraction of sp³-hybridized carbons (Fsp3) is 0.273. The molecule has 1 heterocycles. The van der Waals surface area contributed by atoms with Crippen LogP contribution in [0.1, 0.15) is 30.1 Å². The summed E-state index contributed by atoms with van der Waals surface area (Å²) in [7, 11) is 0. The Kier molecular flexibility index (Phi) is 7.56. The molecule has 31 heavy (non-hydrogen) atoms. The van der Waals surface area contributed by atoms with Gasteiger partial charge in [0.25, 0.3) is 5.91 Å². The van der Waals surface area contributed by atoms with Gasteiger partial charge in [0.1, 0.15) is 5.75 Å². The average molecular weight is 465 g/mol. The second-order valence-electron chi connectivity index (χ2n) is 6.89. The van der Waals surface area contributed by atoms with E-state index in [0.717, 1.165) is 0 Å². The Hall–Kier alpha value is -2.58. The molecule has 0 saturated heterocycles. The number of ether oxygens (including phenoxy) is 2. The monoisotopic (exact) mass is 464 g/mol. The quantitative estimate of drug-likeness (QED) is 0.224. The topological polar surface area (TPSA) is 100 Å². The summed E-state index contributed by atoms with van der Waals surface area (Å²) in [5, 5.41) is 19.0. The molecule has 2 aromatic rings. The van der Waals surface area contributed by atoms with Gasteiger partial charge >= 0.3 is 0 Å². The molecule has 164 valence electrons. The van der Waals surface area contributed by atoms with Crippen LogP contribution in [0, 0.1) is 0 Å². The number of nitrogens with zero attached hydrogens (tertiary/aromatic N) is 1. The van der Waals surface area contributed by atoms with Crippen molar-refractivity contribution in [2.75, 3.05) is 13.2 Å². The molecular weight excluding hydrogens is 443 g/mol. The second-order valence-corrected chi connectivity index (χ2v) is 7.73. The maximum atomic E-state index is 12.8. The van der Waals surface area contributed by atoms with E-state index in [-0.39, 0.29) is 18.9 Å². The lowest BCUT2D eigenvalue weighted by Crippen LogP contribution is -2.47. The van der Waals surface area contributed by atoms with E-state index in [9.17, 15) is 10.0 Å². The predicted octanol–water partition coefficient (Wildman–Crippen LogP) is 4.09. The number of rotatable bonds is 9. The van der Waals surface area contributed by atoms with Crippen molar-refractivity contribution >= 4 is 35.0 Å². The number of aliphatic hydroxyl groups is 1. The van der Waals surface area contributed by atoms with Gasteiger partial charge in [-0.15, -0.1) is 6.58 Å². The van der Waals surface area contributed by atoms with Crippen LogP contribution < -0.4 is 10.2 Å². The Labute approximate surface area is 189 Å². The molecule has 3 N–H and O–H groups in total. The Morgan fingerprint density at radius 1 is 1.29 bits per heavy atom. The van der Waals surface area contributed by atoms with E-state index in [1.54, 1.807) is 47.9 Å². The number of hydrogen-bond acceptors (Lipinski definition) is 6. The van der Waals surface area contributed by atoms with Crippen molar-refractivity contribution in [2.24, 2.45) is 4.99 Å². The van der Waals surface area contributed by atoms with E-state index in [1.807, 2.05) is 0 Å². The summed E-state index contributed by atoms with van der Waals surface area (Å²) >= 11 is 12.4. The van der Waals surface area contributed by atoms with Gasteiger partial charge < -0.3 is 14.6 Å². The standard InChI is InChI=1S/C22H22Cl2N2O5/c1-2-10-22(21(28)26-29)19(17-9-6-15(23)13-18(17)24)31-20(25-22)14-4-7-16(8-5-14)30-12-3-11-27/h2,4-9,13,19,27,29H,1,3,10-12H2,(H,26,28)/t19-,22-/m0/s1. The number of nitrogens with one attached hydrogen (secondary N) is 1. The summed E-state index contributed by atoms with van der Waals surface area (Å²) in [4.78, 5) is 17.3. The summed E-state index contributed by atoms with van der Waals surface area (Å²) in [5.74, 6) is 0.0873. The number of aliphatic imine (C=N–C) groups is 1. The molecule has 1 aliphatic rings. The van der Waals surface area contributed by atoms with Crippen molar-refractivity contribution in [1.82, 2.24) is 5.48 Å². The summed E-state index contributed by atoms with van der Waals surface area (Å²) < 4.78 is 11.6. The minimum atomic E-state index is -1.51. The molecule has 2 aromatic carbocycles. The highest BCUT2D eigenvalue weighted by molar-refractivity contribution is 6.35. The second kappa shape index (κ2) is 10.2. The number of benzene rings is 2. The van der Waals surface area contributed by atoms with Crippen LogP contribution in [0.3, 0.4) is 0 Å². The van der Waals surface area contributed by atoms with Crippen LogP contribution in [0.4, 0.5) is 0 Å². The first-order valence-corrected chi connectivity index (χ1v) is 10.3. The van der Waals surface area contributed by atoms with Gasteiger partial charge in [-0.2, -0.15) is 0 Å². The molecule has 0 aliphatic carbocycles. The number of hydrogen-bond donors (Lipinski definition) is 3. The number of carbonyl (C=O) groups is 1. The zero-order chi connectivity index (χ0) is 22.4. The number of halogens is 2. The van der Waals surface area contributed by atoms with E-state index >= 15 is 0 Å². The van der Waals surface area contributed by atoms with E-state index in [1.165, 1.54) is 6.08 Å². The summed E-state index contributed by atoms with van der Waals surface area (Å²) in [6, 6.07) is 11.8. The molecule has 0 bridgehead atoms. The van der Waals surface area contributed by atoms with Crippen molar-refractivity contribution in [3.8, 4) is 5.75 Å². The van der Waals surface area contributed by atoms with Crippen LogP contribution in [0.5, 0.6) is 5.75 Å². The third-order valence-corrected chi connectivity index (χ3v) is 5.39. The van der Waals surface area contributed by atoms with Gasteiger partial charge in [0, 0.05) is 40.6 Å². The number of amides is 1. The lowest BCUT2D eigenvalue weighted by molar-refractivity contribution is -0.137. The summed E-state index contributed by atoms with van der Waals surface area (Å²) in [6.07, 6.45) is 1.23. The van der Waals surface area contributed by atoms with Gasteiger partial charge in [-0.1, -0.05) is 35.3 Å². The van der Waals surface area contributed by atoms with Crippen LogP contribution in [-0.2, 0) is 9.53 Å². The smallest absolute Gasteiger partial charge is 0.275 e. The lowest BCUT2D eigenvalue weighted by atomic mass is 9.84. The fourth-order valence-corrected chi connectivity index (χ4v) is 3.83.